The van der Waals surface area contributed by atoms with Crippen molar-refractivity contribution in [2.45, 2.75) is 57.2 Å². The molecule has 4 heterocycles. The molecule has 2 atom stereocenters. The third kappa shape index (κ3) is 4.30. The van der Waals surface area contributed by atoms with Crippen molar-refractivity contribution in [2.24, 2.45) is 0 Å². The summed E-state index contributed by atoms with van der Waals surface area (Å²) in [6.45, 7) is 7.74. The smallest absolute Gasteiger partial charge is 0.243 e. The van der Waals surface area contributed by atoms with E-state index in [1.165, 1.54) is 6.08 Å². The zero-order chi connectivity index (χ0) is 24.5. The molecule has 1 saturated heterocycles. The van der Waals surface area contributed by atoms with Crippen LogP contribution in [0.4, 0.5) is 0 Å². The Kier molecular flexibility index (Phi) is 6.31. The first-order valence-corrected chi connectivity index (χ1v) is 12.2. The molecule has 182 valence electrons. The number of hydrogen-bond acceptors (Lipinski definition) is 6. The van der Waals surface area contributed by atoms with Gasteiger partial charge in [-0.15, -0.1) is 0 Å². The van der Waals surface area contributed by atoms with Gasteiger partial charge in [0.25, 0.3) is 0 Å². The summed E-state index contributed by atoms with van der Waals surface area (Å²) in [4.78, 5) is 14.2. The molecule has 2 aliphatic rings. The summed E-state index contributed by atoms with van der Waals surface area (Å²) < 4.78 is 9.44. The van der Waals surface area contributed by atoms with Crippen LogP contribution < -0.4 is 10.1 Å². The molecule has 3 aromatic heterocycles. The van der Waals surface area contributed by atoms with Crippen molar-refractivity contribution in [3.63, 3.8) is 0 Å². The molecule has 1 amide bonds. The number of pyridine rings is 1. The van der Waals surface area contributed by atoms with Crippen LogP contribution in [0.5, 0.6) is 5.75 Å². The number of carbonyl (C=O) groups is 1. The summed E-state index contributed by atoms with van der Waals surface area (Å²) in [5.41, 5.74) is 4.28. The highest BCUT2D eigenvalue weighted by atomic mass is 16.5. The van der Waals surface area contributed by atoms with Gasteiger partial charge in [-0.2, -0.15) is 15.5 Å². The van der Waals surface area contributed by atoms with E-state index >= 15 is 0 Å². The van der Waals surface area contributed by atoms with E-state index in [0.717, 1.165) is 62.0 Å². The van der Waals surface area contributed by atoms with Crippen molar-refractivity contribution in [3.05, 3.63) is 48.6 Å². The summed E-state index contributed by atoms with van der Waals surface area (Å²) in [6.07, 6.45) is 12.0. The number of nitrogens with zero attached hydrogens (tertiary/aromatic N) is 6. The maximum atomic E-state index is 11.6. The molecule has 2 fully saturated rings. The van der Waals surface area contributed by atoms with E-state index < -0.39 is 0 Å². The first kappa shape index (κ1) is 23.1. The van der Waals surface area contributed by atoms with Gasteiger partial charge in [0, 0.05) is 48.2 Å². The summed E-state index contributed by atoms with van der Waals surface area (Å²) >= 11 is 0. The number of nitrogens with one attached hydrogen (secondary N) is 1. The van der Waals surface area contributed by atoms with Crippen LogP contribution in [0.2, 0.25) is 0 Å². The Morgan fingerprint density at radius 1 is 1.23 bits per heavy atom. The molecular formula is C26H31N7O2. The second-order valence-electron chi connectivity index (χ2n) is 9.49. The topological polar surface area (TPSA) is 100 Å². The minimum absolute atomic E-state index is 0.0749. The minimum atomic E-state index is -0.0749. The fourth-order valence-electron chi connectivity index (χ4n) is 5.72. The molecule has 1 unspecified atom stereocenters. The Balaban J connectivity index is 1.28. The summed E-state index contributed by atoms with van der Waals surface area (Å²) in [5.74, 6) is 0.547. The predicted molar refractivity (Wildman–Crippen MR) is 132 cm³/mol. The van der Waals surface area contributed by atoms with Crippen LogP contribution in [0, 0.1) is 18.3 Å². The Morgan fingerprint density at radius 2 is 2.03 bits per heavy atom. The van der Waals surface area contributed by atoms with E-state index in [1.54, 1.807) is 17.8 Å². The minimum Gasteiger partial charge on any atom is -0.494 e. The Morgan fingerprint density at radius 3 is 2.74 bits per heavy atom. The number of ether oxygens (including phenoxy) is 1. The van der Waals surface area contributed by atoms with Crippen LogP contribution in [0.1, 0.15) is 49.4 Å². The summed E-state index contributed by atoms with van der Waals surface area (Å²) in [6, 6.07) is 5.28. The van der Waals surface area contributed by atoms with Gasteiger partial charge in [-0.05, 0) is 51.2 Å². The van der Waals surface area contributed by atoms with E-state index in [4.69, 9.17) is 9.84 Å². The molecule has 1 aliphatic carbocycles. The van der Waals surface area contributed by atoms with Crippen LogP contribution >= 0.6 is 0 Å². The molecule has 35 heavy (non-hydrogen) atoms. The average Bonchev–Trinajstić information content (AvgIpc) is 3.61. The molecule has 0 radical (unpaired) electrons. The second kappa shape index (κ2) is 9.55. The van der Waals surface area contributed by atoms with Crippen molar-refractivity contribution in [2.75, 3.05) is 20.2 Å². The second-order valence-corrected chi connectivity index (χ2v) is 9.49. The molecule has 3 aromatic rings. The van der Waals surface area contributed by atoms with E-state index in [0.29, 0.717) is 28.9 Å². The molecule has 5 rings (SSSR count). The van der Waals surface area contributed by atoms with Gasteiger partial charge in [0.2, 0.25) is 5.91 Å². The molecule has 9 nitrogen and oxygen atoms in total. The van der Waals surface area contributed by atoms with Gasteiger partial charge in [0.1, 0.15) is 22.9 Å². The highest BCUT2D eigenvalue weighted by Gasteiger charge is 2.33. The highest BCUT2D eigenvalue weighted by Crippen LogP contribution is 2.34. The van der Waals surface area contributed by atoms with E-state index in [-0.39, 0.29) is 11.9 Å². The lowest BCUT2D eigenvalue weighted by molar-refractivity contribution is -0.117. The fourth-order valence-corrected chi connectivity index (χ4v) is 5.72. The van der Waals surface area contributed by atoms with Crippen LogP contribution in [0.15, 0.2) is 37.3 Å². The van der Waals surface area contributed by atoms with Crippen LogP contribution in [0.3, 0.4) is 0 Å². The van der Waals surface area contributed by atoms with Gasteiger partial charge < -0.3 is 15.0 Å². The van der Waals surface area contributed by atoms with Gasteiger partial charge in [-0.25, -0.2) is 4.52 Å². The van der Waals surface area contributed by atoms with Crippen molar-refractivity contribution in [3.8, 4) is 22.9 Å². The quantitative estimate of drug-likeness (QED) is 0.552. The maximum Gasteiger partial charge on any atom is 0.243 e. The number of amides is 1. The standard InChI is InChI=1S/C26H31N7O2/c1-4-25(34)30-20-5-6-22(12-20)31-9-7-21(8-10-31)33-17(2)23(15-29-33)18-11-24(35-3)26-19(13-27)14-28-32(26)16-18/h4,11,14-16,20-22H,1,5-10,12H2,2-3H3,(H,30,34)/t20-,22?/m1/s1. The number of aromatic nitrogens is 4. The molecule has 0 spiro atoms. The molecule has 0 bridgehead atoms. The van der Waals surface area contributed by atoms with Crippen molar-refractivity contribution >= 4 is 11.4 Å². The summed E-state index contributed by atoms with van der Waals surface area (Å²) in [5, 5.41) is 21.5. The van der Waals surface area contributed by atoms with Gasteiger partial charge in [0.05, 0.1) is 25.5 Å². The number of nitriles is 1. The highest BCUT2D eigenvalue weighted by molar-refractivity contribution is 5.87. The van der Waals surface area contributed by atoms with E-state index in [2.05, 4.69) is 39.6 Å². The number of piperidine rings is 1. The van der Waals surface area contributed by atoms with Crippen molar-refractivity contribution in [1.82, 2.24) is 29.6 Å². The van der Waals surface area contributed by atoms with Crippen molar-refractivity contribution < 1.29 is 9.53 Å². The number of methoxy groups -OCH3 is 1. The number of rotatable bonds is 6. The normalized spacial score (nSPS) is 21.2. The van der Waals surface area contributed by atoms with E-state index in [1.807, 2.05) is 18.5 Å². The number of likely N-dealkylation sites (tertiary alicyclic amines) is 1. The maximum absolute atomic E-state index is 11.6. The third-order valence-corrected chi connectivity index (χ3v) is 7.57. The molecule has 1 N–H and O–H groups in total. The van der Waals surface area contributed by atoms with E-state index in [9.17, 15) is 10.1 Å². The predicted octanol–water partition coefficient (Wildman–Crippen LogP) is 3.25. The van der Waals surface area contributed by atoms with Gasteiger partial charge in [0.15, 0.2) is 0 Å². The van der Waals surface area contributed by atoms with Crippen LogP contribution in [-0.4, -0.2) is 62.5 Å². The van der Waals surface area contributed by atoms with Gasteiger partial charge in [-0.1, -0.05) is 6.58 Å². The molecule has 1 aliphatic heterocycles. The lowest BCUT2D eigenvalue weighted by Crippen LogP contribution is -2.42. The largest absolute Gasteiger partial charge is 0.494 e. The molecular weight excluding hydrogens is 442 g/mol. The Hall–Kier alpha value is -3.64. The van der Waals surface area contributed by atoms with Gasteiger partial charge in [-0.3, -0.25) is 9.48 Å². The number of hydrogen-bond donors (Lipinski definition) is 1. The Labute approximate surface area is 205 Å². The molecule has 1 saturated carbocycles. The first-order chi connectivity index (χ1) is 17.0. The first-order valence-electron chi connectivity index (χ1n) is 12.2. The lowest BCUT2D eigenvalue weighted by Gasteiger charge is -2.36. The average molecular weight is 474 g/mol. The lowest BCUT2D eigenvalue weighted by atomic mass is 10.0. The SMILES string of the molecule is C=CC(=O)N[C@@H]1CCC(N2CCC(n3ncc(-c4cc(OC)c5c(C#N)cnn5c4)c3C)CC2)C1. The Bertz CT molecular complexity index is 1290. The zero-order valence-corrected chi connectivity index (χ0v) is 20.3. The molecule has 9 heteroatoms. The fraction of sp³-hybridized carbons (Fsp3) is 0.462. The van der Waals surface area contributed by atoms with Gasteiger partial charge >= 0.3 is 0 Å². The zero-order valence-electron chi connectivity index (χ0n) is 20.3. The summed E-state index contributed by atoms with van der Waals surface area (Å²) in [7, 11) is 1.61. The monoisotopic (exact) mass is 473 g/mol. The third-order valence-electron chi connectivity index (χ3n) is 7.57. The van der Waals surface area contributed by atoms with Crippen LogP contribution in [0.25, 0.3) is 16.6 Å². The van der Waals surface area contributed by atoms with Crippen molar-refractivity contribution in [1.29, 1.82) is 5.26 Å². The molecule has 0 aromatic carbocycles. The number of fused-ring (bicyclic) bond motifs is 1. The number of carbonyl (C=O) groups excluding carboxylic acids is 1. The van der Waals surface area contributed by atoms with Crippen LogP contribution in [-0.2, 0) is 4.79 Å².